The molecule has 24 heavy (non-hydrogen) atoms. The monoisotopic (exact) mass is 379 g/mol. The third kappa shape index (κ3) is 6.44. The van der Waals surface area contributed by atoms with Crippen LogP contribution in [0.5, 0.6) is 0 Å². The van der Waals surface area contributed by atoms with Gasteiger partial charge in [0.05, 0.1) is 17.9 Å². The Labute approximate surface area is 147 Å². The van der Waals surface area contributed by atoms with Gasteiger partial charge in [0.2, 0.25) is 15.9 Å². The highest BCUT2D eigenvalue weighted by Crippen LogP contribution is 2.16. The predicted octanol–water partition coefficient (Wildman–Crippen LogP) is 0.482. The van der Waals surface area contributed by atoms with Crippen molar-refractivity contribution in [1.29, 1.82) is 0 Å². The zero-order valence-corrected chi connectivity index (χ0v) is 15.2. The van der Waals surface area contributed by atoms with E-state index >= 15 is 0 Å². The normalized spacial score (nSPS) is 13.3. The maximum absolute atomic E-state index is 12.1. The lowest BCUT2D eigenvalue weighted by Gasteiger charge is -2.15. The van der Waals surface area contributed by atoms with Crippen LogP contribution in [0, 0.1) is 5.92 Å². The van der Waals surface area contributed by atoms with Gasteiger partial charge >= 0.3 is 5.97 Å². The highest BCUT2D eigenvalue weighted by atomic mass is 35.5. The fraction of sp³-hybridized carbons (Fsp3) is 0.429. The van der Waals surface area contributed by atoms with Gasteiger partial charge in [-0.3, -0.25) is 9.59 Å². The van der Waals surface area contributed by atoms with Gasteiger partial charge in [0, 0.05) is 11.7 Å². The SMILES string of the molecule is COC(=O)CNS(=O)(=O)c1cccc(NC(=O)C(C)C(C)N)c1.Cl. The summed E-state index contributed by atoms with van der Waals surface area (Å²) in [7, 11) is -2.73. The van der Waals surface area contributed by atoms with E-state index in [0.717, 1.165) is 7.11 Å². The van der Waals surface area contributed by atoms with Crippen molar-refractivity contribution in [3.63, 3.8) is 0 Å². The molecule has 136 valence electrons. The van der Waals surface area contributed by atoms with Crippen LogP contribution in [-0.4, -0.2) is 40.0 Å². The van der Waals surface area contributed by atoms with Crippen molar-refractivity contribution < 1.29 is 22.7 Å². The number of rotatable bonds is 7. The van der Waals surface area contributed by atoms with Crippen LogP contribution < -0.4 is 15.8 Å². The number of esters is 1. The third-order valence-corrected chi connectivity index (χ3v) is 4.65. The molecule has 0 aliphatic carbocycles. The summed E-state index contributed by atoms with van der Waals surface area (Å²) >= 11 is 0. The van der Waals surface area contributed by atoms with Crippen LogP contribution in [0.15, 0.2) is 29.2 Å². The Morgan fingerprint density at radius 2 is 1.92 bits per heavy atom. The maximum atomic E-state index is 12.1. The van der Waals surface area contributed by atoms with Crippen molar-refractivity contribution in [2.75, 3.05) is 19.0 Å². The van der Waals surface area contributed by atoms with Crippen LogP contribution in [0.25, 0.3) is 0 Å². The van der Waals surface area contributed by atoms with Gasteiger partial charge in [0.15, 0.2) is 0 Å². The second-order valence-corrected chi connectivity index (χ2v) is 6.83. The number of anilines is 1. The van der Waals surface area contributed by atoms with Gasteiger partial charge in [-0.1, -0.05) is 13.0 Å². The van der Waals surface area contributed by atoms with E-state index in [0.29, 0.717) is 5.69 Å². The van der Waals surface area contributed by atoms with Gasteiger partial charge < -0.3 is 15.8 Å². The zero-order chi connectivity index (χ0) is 17.6. The molecule has 1 rings (SSSR count). The molecule has 0 bridgehead atoms. The highest BCUT2D eigenvalue weighted by Gasteiger charge is 2.19. The van der Waals surface area contributed by atoms with E-state index in [-0.39, 0.29) is 29.3 Å². The number of halogens is 1. The van der Waals surface area contributed by atoms with E-state index < -0.39 is 28.5 Å². The first-order chi connectivity index (χ1) is 10.7. The molecule has 0 aromatic heterocycles. The molecular formula is C14H22ClN3O5S. The predicted molar refractivity (Wildman–Crippen MR) is 92.3 cm³/mol. The zero-order valence-electron chi connectivity index (χ0n) is 13.6. The van der Waals surface area contributed by atoms with Gasteiger partial charge in [-0.2, -0.15) is 4.72 Å². The second kappa shape index (κ2) is 9.58. The largest absolute Gasteiger partial charge is 0.468 e. The maximum Gasteiger partial charge on any atom is 0.320 e. The average molecular weight is 380 g/mol. The second-order valence-electron chi connectivity index (χ2n) is 5.07. The van der Waals surface area contributed by atoms with Crippen molar-refractivity contribution in [3.05, 3.63) is 24.3 Å². The molecule has 1 aromatic rings. The van der Waals surface area contributed by atoms with Crippen molar-refractivity contribution in [1.82, 2.24) is 4.72 Å². The van der Waals surface area contributed by atoms with E-state index in [1.165, 1.54) is 18.2 Å². The Hall–Kier alpha value is -1.68. The van der Waals surface area contributed by atoms with Crippen LogP contribution in [0.3, 0.4) is 0 Å². The molecule has 2 atom stereocenters. The molecule has 0 heterocycles. The minimum absolute atomic E-state index is 0. The van der Waals surface area contributed by atoms with Crippen LogP contribution >= 0.6 is 12.4 Å². The molecule has 0 spiro atoms. The molecule has 0 aliphatic rings. The van der Waals surface area contributed by atoms with E-state index in [9.17, 15) is 18.0 Å². The van der Waals surface area contributed by atoms with Crippen molar-refractivity contribution in [2.45, 2.75) is 24.8 Å². The van der Waals surface area contributed by atoms with Gasteiger partial charge in [-0.05, 0) is 25.1 Å². The molecule has 2 unspecified atom stereocenters. The first kappa shape index (κ1) is 22.3. The number of carbonyl (C=O) groups is 2. The highest BCUT2D eigenvalue weighted by molar-refractivity contribution is 7.89. The molecular weight excluding hydrogens is 358 g/mol. The molecule has 10 heteroatoms. The molecule has 0 saturated heterocycles. The molecule has 1 aromatic carbocycles. The first-order valence-electron chi connectivity index (χ1n) is 6.90. The van der Waals surface area contributed by atoms with E-state index in [1.807, 2.05) is 0 Å². The summed E-state index contributed by atoms with van der Waals surface area (Å²) in [5.41, 5.74) is 5.98. The van der Waals surface area contributed by atoms with E-state index in [4.69, 9.17) is 5.73 Å². The quantitative estimate of drug-likeness (QED) is 0.591. The number of nitrogens with two attached hydrogens (primary N) is 1. The molecule has 0 radical (unpaired) electrons. The Morgan fingerprint density at radius 3 is 2.46 bits per heavy atom. The Bertz CT molecular complexity index is 679. The topological polar surface area (TPSA) is 128 Å². The third-order valence-electron chi connectivity index (χ3n) is 3.25. The van der Waals surface area contributed by atoms with Crippen LogP contribution in [-0.2, 0) is 24.3 Å². The van der Waals surface area contributed by atoms with Crippen molar-refractivity contribution >= 4 is 40.0 Å². The standard InChI is InChI=1S/C14H21N3O5S.ClH/c1-9(10(2)15)14(19)17-11-5-4-6-12(7-11)23(20,21)16-8-13(18)22-3;/h4-7,9-10,16H,8,15H2,1-3H3,(H,17,19);1H. The summed E-state index contributed by atoms with van der Waals surface area (Å²) in [4.78, 5) is 22.9. The van der Waals surface area contributed by atoms with Gasteiger partial charge in [0.1, 0.15) is 6.54 Å². The number of benzene rings is 1. The molecule has 0 fully saturated rings. The number of hydrogen-bond acceptors (Lipinski definition) is 6. The summed E-state index contributed by atoms with van der Waals surface area (Å²) < 4.78 is 30.6. The lowest BCUT2D eigenvalue weighted by atomic mass is 10.0. The van der Waals surface area contributed by atoms with Crippen LogP contribution in [0.2, 0.25) is 0 Å². The number of hydrogen-bond donors (Lipinski definition) is 3. The summed E-state index contributed by atoms with van der Waals surface area (Å²) in [5, 5.41) is 2.61. The van der Waals surface area contributed by atoms with Crippen molar-refractivity contribution in [2.24, 2.45) is 11.7 Å². The summed E-state index contributed by atoms with van der Waals surface area (Å²) in [5.74, 6) is -1.44. The number of amides is 1. The fourth-order valence-corrected chi connectivity index (χ4v) is 2.56. The van der Waals surface area contributed by atoms with E-state index in [2.05, 4.69) is 14.8 Å². The minimum Gasteiger partial charge on any atom is -0.468 e. The Morgan fingerprint density at radius 1 is 1.29 bits per heavy atom. The number of carbonyl (C=O) groups excluding carboxylic acids is 2. The van der Waals surface area contributed by atoms with Crippen molar-refractivity contribution in [3.8, 4) is 0 Å². The van der Waals surface area contributed by atoms with E-state index in [1.54, 1.807) is 19.9 Å². The van der Waals surface area contributed by atoms with Gasteiger partial charge in [-0.15, -0.1) is 12.4 Å². The molecule has 8 nitrogen and oxygen atoms in total. The molecule has 0 saturated carbocycles. The molecule has 4 N–H and O–H groups in total. The minimum atomic E-state index is -3.89. The summed E-state index contributed by atoms with van der Waals surface area (Å²) in [6.45, 7) is 2.91. The van der Waals surface area contributed by atoms with Gasteiger partial charge in [-0.25, -0.2) is 8.42 Å². The number of nitrogens with one attached hydrogen (secondary N) is 2. The first-order valence-corrected chi connectivity index (χ1v) is 8.38. The van der Waals surface area contributed by atoms with Crippen LogP contribution in [0.4, 0.5) is 5.69 Å². The molecule has 1 amide bonds. The fourth-order valence-electron chi connectivity index (χ4n) is 1.55. The Kier molecular flexibility index (Phi) is 8.91. The summed E-state index contributed by atoms with van der Waals surface area (Å²) in [6.07, 6.45) is 0. The number of methoxy groups -OCH3 is 1. The number of sulfonamides is 1. The lowest BCUT2D eigenvalue weighted by Crippen LogP contribution is -2.34. The summed E-state index contributed by atoms with van der Waals surface area (Å²) in [6, 6.07) is 5.36. The van der Waals surface area contributed by atoms with Gasteiger partial charge in [0.25, 0.3) is 0 Å². The lowest BCUT2D eigenvalue weighted by molar-refractivity contribution is -0.139. The average Bonchev–Trinajstić information content (AvgIpc) is 2.51. The smallest absolute Gasteiger partial charge is 0.320 e. The van der Waals surface area contributed by atoms with Crippen LogP contribution in [0.1, 0.15) is 13.8 Å². The molecule has 0 aliphatic heterocycles. The Balaban J connectivity index is 0.00000529. The number of ether oxygens (including phenoxy) is 1.